The van der Waals surface area contributed by atoms with Gasteiger partial charge in [-0.25, -0.2) is 4.68 Å². The number of amides is 1. The number of aromatic nitrogens is 2. The first kappa shape index (κ1) is 15.1. The molecule has 1 saturated carbocycles. The first-order valence-electron chi connectivity index (χ1n) is 7.42. The highest BCUT2D eigenvalue weighted by molar-refractivity contribution is 6.32. The number of nitrogens with one attached hydrogen (secondary N) is 1. The van der Waals surface area contributed by atoms with Crippen LogP contribution in [0.15, 0.2) is 30.5 Å². The molecule has 1 atom stereocenters. The first-order valence-corrected chi connectivity index (χ1v) is 7.80. The highest BCUT2D eigenvalue weighted by atomic mass is 35.5. The molecule has 6 heteroatoms. The maximum Gasteiger partial charge on any atom is 0.255 e. The van der Waals surface area contributed by atoms with E-state index >= 15 is 0 Å². The van der Waals surface area contributed by atoms with Crippen molar-refractivity contribution in [1.82, 2.24) is 15.1 Å². The van der Waals surface area contributed by atoms with Gasteiger partial charge in [-0.2, -0.15) is 5.10 Å². The highest BCUT2D eigenvalue weighted by Gasteiger charge is 2.32. The summed E-state index contributed by atoms with van der Waals surface area (Å²) in [5.41, 5.74) is 7.82. The number of hydrogen-bond donors (Lipinski definition) is 2. The third kappa shape index (κ3) is 2.87. The minimum absolute atomic E-state index is 0.0514. The number of nitrogens with two attached hydrogens (primary N) is 1. The molecule has 0 aliphatic heterocycles. The summed E-state index contributed by atoms with van der Waals surface area (Å²) in [5.74, 6) is 0.394. The molecule has 1 aliphatic rings. The number of carbonyl (C=O) groups is 1. The third-order valence-corrected chi connectivity index (χ3v) is 4.42. The van der Waals surface area contributed by atoms with E-state index in [0.29, 0.717) is 23.0 Å². The quantitative estimate of drug-likeness (QED) is 0.888. The first-order chi connectivity index (χ1) is 10.6. The number of halogens is 1. The van der Waals surface area contributed by atoms with E-state index in [2.05, 4.69) is 10.4 Å². The second kappa shape index (κ2) is 6.10. The Bertz CT molecular complexity index is 693. The van der Waals surface area contributed by atoms with Crippen LogP contribution in [-0.4, -0.2) is 28.3 Å². The predicted octanol–water partition coefficient (Wildman–Crippen LogP) is 2.30. The van der Waals surface area contributed by atoms with Gasteiger partial charge in [0.1, 0.15) is 0 Å². The van der Waals surface area contributed by atoms with Gasteiger partial charge in [-0.15, -0.1) is 0 Å². The molecule has 3 N–H and O–H groups in total. The second-order valence-corrected chi connectivity index (χ2v) is 6.07. The van der Waals surface area contributed by atoms with Crippen molar-refractivity contribution in [2.24, 2.45) is 11.7 Å². The summed E-state index contributed by atoms with van der Waals surface area (Å²) in [7, 11) is 0. The van der Waals surface area contributed by atoms with E-state index in [1.165, 1.54) is 0 Å². The molecular weight excluding hydrogens is 300 g/mol. The van der Waals surface area contributed by atoms with Crippen molar-refractivity contribution in [3.05, 3.63) is 46.7 Å². The summed E-state index contributed by atoms with van der Waals surface area (Å²) in [6.07, 6.45) is 3.86. The maximum absolute atomic E-state index is 12.4. The van der Waals surface area contributed by atoms with Gasteiger partial charge in [-0.3, -0.25) is 4.79 Å². The van der Waals surface area contributed by atoms with Crippen LogP contribution in [0.5, 0.6) is 0 Å². The Kier molecular flexibility index (Phi) is 4.18. The van der Waals surface area contributed by atoms with E-state index in [1.54, 1.807) is 16.9 Å². The molecule has 1 unspecified atom stereocenters. The fourth-order valence-electron chi connectivity index (χ4n) is 2.61. The van der Waals surface area contributed by atoms with Gasteiger partial charge in [0, 0.05) is 12.6 Å². The summed E-state index contributed by atoms with van der Waals surface area (Å²) in [6.45, 7) is 2.33. The Morgan fingerprint density at radius 1 is 1.50 bits per heavy atom. The molecule has 0 saturated heterocycles. The van der Waals surface area contributed by atoms with Gasteiger partial charge >= 0.3 is 0 Å². The average Bonchev–Trinajstić information content (AvgIpc) is 3.28. The van der Waals surface area contributed by atoms with Gasteiger partial charge in [-0.05, 0) is 37.8 Å². The Labute approximate surface area is 134 Å². The SMILES string of the molecule is Cc1c(C(=O)NC(CN)C2CC2)cnn1-c1ccccc1Cl. The number of nitrogens with zero attached hydrogens (tertiary/aromatic N) is 2. The zero-order valence-electron chi connectivity index (χ0n) is 12.4. The predicted molar refractivity (Wildman–Crippen MR) is 86.3 cm³/mol. The van der Waals surface area contributed by atoms with Gasteiger partial charge < -0.3 is 11.1 Å². The summed E-state index contributed by atoms with van der Waals surface area (Å²) in [6, 6.07) is 7.47. The summed E-state index contributed by atoms with van der Waals surface area (Å²) in [5, 5.41) is 7.91. The molecule has 3 rings (SSSR count). The summed E-state index contributed by atoms with van der Waals surface area (Å²) >= 11 is 6.20. The van der Waals surface area contributed by atoms with Gasteiger partial charge in [-0.1, -0.05) is 23.7 Å². The lowest BCUT2D eigenvalue weighted by Gasteiger charge is -2.15. The number of carbonyl (C=O) groups excluding carboxylic acids is 1. The van der Waals surface area contributed by atoms with Crippen LogP contribution in [0.25, 0.3) is 5.69 Å². The van der Waals surface area contributed by atoms with Crippen molar-refractivity contribution in [1.29, 1.82) is 0 Å². The standard InChI is InChI=1S/C16H19ClN4O/c1-10-12(16(22)20-14(8-18)11-6-7-11)9-19-21(10)15-5-3-2-4-13(15)17/h2-5,9,11,14H,6-8,18H2,1H3,(H,20,22). The average molecular weight is 319 g/mol. The number of hydrogen-bond acceptors (Lipinski definition) is 3. The Hall–Kier alpha value is -1.85. The molecule has 5 nitrogen and oxygen atoms in total. The van der Waals surface area contributed by atoms with E-state index in [0.717, 1.165) is 24.2 Å². The fraction of sp³-hybridized carbons (Fsp3) is 0.375. The minimum atomic E-state index is -0.127. The van der Waals surface area contributed by atoms with Gasteiger partial charge in [0.15, 0.2) is 0 Å². The zero-order valence-corrected chi connectivity index (χ0v) is 13.2. The van der Waals surface area contributed by atoms with E-state index in [-0.39, 0.29) is 11.9 Å². The summed E-state index contributed by atoms with van der Waals surface area (Å²) < 4.78 is 1.69. The van der Waals surface area contributed by atoms with E-state index in [9.17, 15) is 4.79 Å². The van der Waals surface area contributed by atoms with Crippen LogP contribution in [0.1, 0.15) is 28.9 Å². The fourth-order valence-corrected chi connectivity index (χ4v) is 2.83. The van der Waals surface area contributed by atoms with Crippen LogP contribution in [0.2, 0.25) is 5.02 Å². The smallest absolute Gasteiger partial charge is 0.255 e. The van der Waals surface area contributed by atoms with Crippen LogP contribution in [-0.2, 0) is 0 Å². The van der Waals surface area contributed by atoms with Crippen molar-refractivity contribution in [3.63, 3.8) is 0 Å². The van der Waals surface area contributed by atoms with Crippen molar-refractivity contribution in [3.8, 4) is 5.69 Å². The summed E-state index contributed by atoms with van der Waals surface area (Å²) in [4.78, 5) is 12.4. The van der Waals surface area contributed by atoms with Crippen molar-refractivity contribution >= 4 is 17.5 Å². The molecule has 1 aliphatic carbocycles. The maximum atomic E-state index is 12.4. The van der Waals surface area contributed by atoms with Gasteiger partial charge in [0.2, 0.25) is 0 Å². The van der Waals surface area contributed by atoms with Crippen molar-refractivity contribution < 1.29 is 4.79 Å². The molecule has 1 aromatic carbocycles. The lowest BCUT2D eigenvalue weighted by molar-refractivity contribution is 0.0933. The topological polar surface area (TPSA) is 72.9 Å². The molecule has 1 amide bonds. The molecule has 22 heavy (non-hydrogen) atoms. The van der Waals surface area contributed by atoms with E-state index < -0.39 is 0 Å². The minimum Gasteiger partial charge on any atom is -0.348 e. The van der Waals surface area contributed by atoms with Gasteiger partial charge in [0.05, 0.1) is 28.2 Å². The van der Waals surface area contributed by atoms with Crippen LogP contribution in [0.3, 0.4) is 0 Å². The molecular formula is C16H19ClN4O. The molecule has 0 radical (unpaired) electrons. The van der Waals surface area contributed by atoms with E-state index in [1.807, 2.05) is 25.1 Å². The third-order valence-electron chi connectivity index (χ3n) is 4.10. The number of rotatable bonds is 5. The normalized spacial score (nSPS) is 15.6. The molecule has 0 bridgehead atoms. The molecule has 1 fully saturated rings. The van der Waals surface area contributed by atoms with Gasteiger partial charge in [0.25, 0.3) is 5.91 Å². The van der Waals surface area contributed by atoms with Crippen LogP contribution >= 0.6 is 11.6 Å². The zero-order chi connectivity index (χ0) is 15.7. The van der Waals surface area contributed by atoms with Crippen LogP contribution < -0.4 is 11.1 Å². The second-order valence-electron chi connectivity index (χ2n) is 5.66. The van der Waals surface area contributed by atoms with Crippen LogP contribution in [0, 0.1) is 12.8 Å². The Balaban J connectivity index is 1.84. The molecule has 2 aromatic rings. The highest BCUT2D eigenvalue weighted by Crippen LogP contribution is 2.32. The number of benzene rings is 1. The number of para-hydroxylation sites is 1. The van der Waals surface area contributed by atoms with Crippen molar-refractivity contribution in [2.75, 3.05) is 6.54 Å². The lowest BCUT2D eigenvalue weighted by Crippen LogP contribution is -2.41. The molecule has 1 heterocycles. The Morgan fingerprint density at radius 3 is 2.86 bits per heavy atom. The van der Waals surface area contributed by atoms with Crippen LogP contribution in [0.4, 0.5) is 0 Å². The molecule has 116 valence electrons. The van der Waals surface area contributed by atoms with Crippen molar-refractivity contribution in [2.45, 2.75) is 25.8 Å². The molecule has 1 aromatic heterocycles. The van der Waals surface area contributed by atoms with E-state index in [4.69, 9.17) is 17.3 Å². The lowest BCUT2D eigenvalue weighted by atomic mass is 10.1. The largest absolute Gasteiger partial charge is 0.348 e. The monoisotopic (exact) mass is 318 g/mol. The Morgan fingerprint density at radius 2 is 2.23 bits per heavy atom. The molecule has 0 spiro atoms.